The van der Waals surface area contributed by atoms with Crippen molar-refractivity contribution in [3.63, 3.8) is 0 Å². The van der Waals surface area contributed by atoms with Crippen LogP contribution >= 0.6 is 27.5 Å². The first-order valence-electron chi connectivity index (χ1n) is 3.89. The molecule has 14 heavy (non-hydrogen) atoms. The summed E-state index contributed by atoms with van der Waals surface area (Å²) < 4.78 is 5.27. The van der Waals surface area contributed by atoms with Crippen LogP contribution in [0.25, 0.3) is 0 Å². The molecule has 6 heteroatoms. The Hall–Kier alpha value is -0.680. The van der Waals surface area contributed by atoms with Gasteiger partial charge in [-0.05, 0) is 29.8 Å². The van der Waals surface area contributed by atoms with Crippen LogP contribution in [0.1, 0.15) is 24.2 Å². The van der Waals surface area contributed by atoms with Gasteiger partial charge in [0.25, 0.3) is 0 Å². The minimum atomic E-state index is -0.516. The molecule has 0 radical (unpaired) electrons. The van der Waals surface area contributed by atoms with Crippen molar-refractivity contribution < 1.29 is 9.53 Å². The summed E-state index contributed by atoms with van der Waals surface area (Å²) >= 11 is 8.76. The van der Waals surface area contributed by atoms with Gasteiger partial charge in [-0.2, -0.15) is 0 Å². The second-order valence-electron chi connectivity index (χ2n) is 2.80. The molecule has 0 amide bonds. The predicted molar refractivity (Wildman–Crippen MR) is 55.3 cm³/mol. The third-order valence-corrected chi connectivity index (χ3v) is 1.95. The van der Waals surface area contributed by atoms with Crippen molar-refractivity contribution in [2.24, 2.45) is 0 Å². The van der Waals surface area contributed by atoms with Crippen LogP contribution in [-0.2, 0) is 4.74 Å². The van der Waals surface area contributed by atoms with E-state index in [0.29, 0.717) is 4.73 Å². The Balaban J connectivity index is 2.90. The monoisotopic (exact) mass is 278 g/mol. The lowest BCUT2D eigenvalue weighted by atomic mass is 10.3. The third kappa shape index (κ3) is 2.92. The van der Waals surface area contributed by atoms with Crippen molar-refractivity contribution in [2.75, 3.05) is 0 Å². The van der Waals surface area contributed by atoms with Crippen molar-refractivity contribution >= 4 is 33.5 Å². The Bertz CT molecular complexity index is 357. The largest absolute Gasteiger partial charge is 0.459 e. The second kappa shape index (κ2) is 4.70. The zero-order valence-corrected chi connectivity index (χ0v) is 9.96. The summed E-state index contributed by atoms with van der Waals surface area (Å²) in [6.45, 7) is 3.51. The van der Waals surface area contributed by atoms with Crippen LogP contribution in [0.3, 0.4) is 0 Å². The SMILES string of the molecule is CC(C)OC(=O)c1cnc(Br)nc1Cl. The molecule has 1 aromatic rings. The highest BCUT2D eigenvalue weighted by molar-refractivity contribution is 9.10. The van der Waals surface area contributed by atoms with Gasteiger partial charge in [-0.25, -0.2) is 14.8 Å². The molecule has 0 fully saturated rings. The minimum absolute atomic E-state index is 0.0810. The summed E-state index contributed by atoms with van der Waals surface area (Å²) in [6.07, 6.45) is 1.13. The van der Waals surface area contributed by atoms with Gasteiger partial charge in [0.2, 0.25) is 0 Å². The average molecular weight is 280 g/mol. The molecule has 0 atom stereocenters. The highest BCUT2D eigenvalue weighted by Gasteiger charge is 2.15. The van der Waals surface area contributed by atoms with Crippen LogP contribution in [0.4, 0.5) is 0 Å². The van der Waals surface area contributed by atoms with E-state index in [2.05, 4.69) is 25.9 Å². The molecule has 1 heterocycles. The number of esters is 1. The summed E-state index contributed by atoms with van der Waals surface area (Å²) in [5, 5.41) is 0.0810. The fraction of sp³-hybridized carbons (Fsp3) is 0.375. The first-order valence-corrected chi connectivity index (χ1v) is 5.07. The molecule has 0 unspecified atom stereocenters. The number of carbonyl (C=O) groups excluding carboxylic acids is 1. The van der Waals surface area contributed by atoms with Crippen molar-refractivity contribution in [3.05, 3.63) is 21.6 Å². The van der Waals surface area contributed by atoms with Crippen LogP contribution in [0.5, 0.6) is 0 Å². The van der Waals surface area contributed by atoms with Crippen LogP contribution in [0.2, 0.25) is 5.15 Å². The van der Waals surface area contributed by atoms with E-state index < -0.39 is 5.97 Å². The maximum Gasteiger partial charge on any atom is 0.343 e. The number of carbonyl (C=O) groups is 1. The molecule has 0 aliphatic rings. The molecule has 0 aromatic carbocycles. The topological polar surface area (TPSA) is 52.1 Å². The number of hydrogen-bond acceptors (Lipinski definition) is 4. The normalized spacial score (nSPS) is 10.4. The maximum atomic E-state index is 11.4. The number of halogens is 2. The van der Waals surface area contributed by atoms with Gasteiger partial charge in [0.15, 0.2) is 4.73 Å². The number of hydrogen-bond donors (Lipinski definition) is 0. The van der Waals surface area contributed by atoms with Crippen LogP contribution < -0.4 is 0 Å². The highest BCUT2D eigenvalue weighted by Crippen LogP contribution is 2.15. The Morgan fingerprint density at radius 3 is 2.79 bits per heavy atom. The molecule has 0 aliphatic carbocycles. The van der Waals surface area contributed by atoms with Crippen molar-refractivity contribution in [1.82, 2.24) is 9.97 Å². The zero-order valence-electron chi connectivity index (χ0n) is 7.62. The average Bonchev–Trinajstić information content (AvgIpc) is 2.01. The van der Waals surface area contributed by atoms with E-state index in [1.807, 2.05) is 0 Å². The van der Waals surface area contributed by atoms with E-state index >= 15 is 0 Å². The van der Waals surface area contributed by atoms with Crippen LogP contribution in [0, 0.1) is 0 Å². The minimum Gasteiger partial charge on any atom is -0.459 e. The Morgan fingerprint density at radius 1 is 1.64 bits per heavy atom. The van der Waals surface area contributed by atoms with Gasteiger partial charge in [0.1, 0.15) is 10.7 Å². The summed E-state index contributed by atoms with van der Waals surface area (Å²) in [4.78, 5) is 18.9. The summed E-state index contributed by atoms with van der Waals surface area (Å²) in [5.41, 5.74) is 0.170. The first-order chi connectivity index (χ1) is 6.50. The molecule has 0 bridgehead atoms. The Morgan fingerprint density at radius 2 is 2.29 bits per heavy atom. The van der Waals surface area contributed by atoms with E-state index in [-0.39, 0.29) is 16.8 Å². The smallest absolute Gasteiger partial charge is 0.343 e. The van der Waals surface area contributed by atoms with Gasteiger partial charge >= 0.3 is 5.97 Å². The summed E-state index contributed by atoms with van der Waals surface area (Å²) in [5.74, 6) is -0.516. The number of nitrogens with zero attached hydrogens (tertiary/aromatic N) is 2. The standard InChI is InChI=1S/C8H8BrClN2O2/c1-4(2)14-7(13)5-3-11-8(9)12-6(5)10/h3-4H,1-2H3. The fourth-order valence-electron chi connectivity index (χ4n) is 0.756. The van der Waals surface area contributed by atoms with E-state index in [4.69, 9.17) is 16.3 Å². The van der Waals surface area contributed by atoms with Crippen molar-refractivity contribution in [3.8, 4) is 0 Å². The van der Waals surface area contributed by atoms with Gasteiger partial charge in [-0.1, -0.05) is 11.6 Å². The maximum absolute atomic E-state index is 11.4. The molecule has 1 aromatic heterocycles. The highest BCUT2D eigenvalue weighted by atomic mass is 79.9. The van der Waals surface area contributed by atoms with Gasteiger partial charge in [0.05, 0.1) is 6.10 Å². The quantitative estimate of drug-likeness (QED) is 0.474. The van der Waals surface area contributed by atoms with Crippen LogP contribution in [0.15, 0.2) is 10.9 Å². The summed E-state index contributed by atoms with van der Waals surface area (Å²) in [6, 6.07) is 0. The lowest BCUT2D eigenvalue weighted by Gasteiger charge is -2.07. The van der Waals surface area contributed by atoms with Gasteiger partial charge in [-0.15, -0.1) is 0 Å². The van der Waals surface area contributed by atoms with E-state index in [9.17, 15) is 4.79 Å². The molecule has 0 saturated heterocycles. The Labute approximate surface area is 94.8 Å². The molecule has 0 N–H and O–H groups in total. The Kier molecular flexibility index (Phi) is 3.83. The molecule has 4 nitrogen and oxygen atoms in total. The van der Waals surface area contributed by atoms with E-state index in [1.165, 1.54) is 6.20 Å². The number of ether oxygens (including phenoxy) is 1. The van der Waals surface area contributed by atoms with Gasteiger partial charge in [-0.3, -0.25) is 0 Å². The molecular weight excluding hydrogens is 271 g/mol. The predicted octanol–water partition coefficient (Wildman–Crippen LogP) is 2.46. The molecular formula is C8H8BrClN2O2. The molecule has 0 saturated carbocycles. The lowest BCUT2D eigenvalue weighted by molar-refractivity contribution is 0.0377. The second-order valence-corrected chi connectivity index (χ2v) is 3.86. The first kappa shape index (κ1) is 11.4. The third-order valence-electron chi connectivity index (χ3n) is 1.28. The van der Waals surface area contributed by atoms with Crippen LogP contribution in [-0.4, -0.2) is 22.0 Å². The van der Waals surface area contributed by atoms with Crippen molar-refractivity contribution in [2.45, 2.75) is 20.0 Å². The molecule has 0 aliphatic heterocycles. The number of aromatic nitrogens is 2. The fourth-order valence-corrected chi connectivity index (χ4v) is 1.34. The summed E-state index contributed by atoms with van der Waals surface area (Å²) in [7, 11) is 0. The molecule has 76 valence electrons. The van der Waals surface area contributed by atoms with E-state index in [0.717, 1.165) is 0 Å². The molecule has 1 rings (SSSR count). The number of rotatable bonds is 2. The van der Waals surface area contributed by atoms with Gasteiger partial charge < -0.3 is 4.74 Å². The zero-order chi connectivity index (χ0) is 10.7. The molecule has 0 spiro atoms. The van der Waals surface area contributed by atoms with E-state index in [1.54, 1.807) is 13.8 Å². The lowest BCUT2D eigenvalue weighted by Crippen LogP contribution is -2.13. The van der Waals surface area contributed by atoms with Gasteiger partial charge in [0, 0.05) is 6.20 Å². The van der Waals surface area contributed by atoms with Crippen molar-refractivity contribution in [1.29, 1.82) is 0 Å².